The van der Waals surface area contributed by atoms with Crippen molar-refractivity contribution in [2.75, 3.05) is 36.5 Å². The van der Waals surface area contributed by atoms with E-state index in [1.807, 2.05) is 6.07 Å². The molecule has 12 heteroatoms. The van der Waals surface area contributed by atoms with E-state index in [0.717, 1.165) is 6.07 Å². The molecular weight excluding hydrogens is 472 g/mol. The summed E-state index contributed by atoms with van der Waals surface area (Å²) in [7, 11) is 0. The Bertz CT molecular complexity index is 1050. The van der Waals surface area contributed by atoms with Crippen LogP contribution < -0.4 is 10.2 Å². The summed E-state index contributed by atoms with van der Waals surface area (Å²) in [5.74, 6) is -0.341. The van der Waals surface area contributed by atoms with E-state index in [0.29, 0.717) is 17.1 Å². The molecule has 0 fully saturated rings. The van der Waals surface area contributed by atoms with Gasteiger partial charge in [0.2, 0.25) is 5.91 Å². The molecule has 0 aromatic heterocycles. The second kappa shape index (κ2) is 11.1. The minimum atomic E-state index is -0.370. The van der Waals surface area contributed by atoms with Crippen LogP contribution >= 0.6 is 15.9 Å². The highest BCUT2D eigenvalue weighted by Crippen LogP contribution is 2.36. The van der Waals surface area contributed by atoms with E-state index in [1.165, 1.54) is 13.0 Å². The monoisotopic (exact) mass is 491 g/mol. The van der Waals surface area contributed by atoms with Crippen LogP contribution in [0.25, 0.3) is 0 Å². The van der Waals surface area contributed by atoms with Crippen LogP contribution in [0.3, 0.4) is 0 Å². The molecule has 4 N–H and O–H groups in total. The van der Waals surface area contributed by atoms with Crippen molar-refractivity contribution < 1.29 is 25.1 Å². The number of aliphatic hydroxyl groups excluding tert-OH is 2. The predicted molar refractivity (Wildman–Crippen MR) is 115 cm³/mol. The van der Waals surface area contributed by atoms with E-state index in [2.05, 4.69) is 31.5 Å². The van der Waals surface area contributed by atoms with Crippen molar-refractivity contribution in [3.8, 4) is 6.07 Å². The third-order valence-corrected chi connectivity index (χ3v) is 4.65. The zero-order valence-electron chi connectivity index (χ0n) is 16.5. The van der Waals surface area contributed by atoms with Crippen LogP contribution in [0.4, 0.5) is 28.4 Å². The number of rotatable bonds is 9. The van der Waals surface area contributed by atoms with Crippen molar-refractivity contribution >= 4 is 50.3 Å². The molecular formula is C19H20BrN6O5+. The van der Waals surface area contributed by atoms with Gasteiger partial charge in [0, 0.05) is 37.8 Å². The van der Waals surface area contributed by atoms with Crippen molar-refractivity contribution in [1.29, 1.82) is 5.26 Å². The van der Waals surface area contributed by atoms with Crippen LogP contribution in [-0.4, -0.2) is 52.6 Å². The number of benzene rings is 2. The molecule has 31 heavy (non-hydrogen) atoms. The van der Waals surface area contributed by atoms with Crippen LogP contribution in [0.1, 0.15) is 12.5 Å². The molecule has 162 valence electrons. The lowest BCUT2D eigenvalue weighted by atomic mass is 10.2. The molecule has 2 aromatic carbocycles. The molecule has 0 aliphatic rings. The van der Waals surface area contributed by atoms with Crippen LogP contribution in [0.5, 0.6) is 0 Å². The minimum Gasteiger partial charge on any atom is -0.395 e. The first-order valence-electron chi connectivity index (χ1n) is 9.00. The van der Waals surface area contributed by atoms with Gasteiger partial charge in [0.05, 0.1) is 33.8 Å². The van der Waals surface area contributed by atoms with E-state index in [1.54, 1.807) is 23.1 Å². The van der Waals surface area contributed by atoms with Crippen LogP contribution in [0.2, 0.25) is 0 Å². The Kier molecular flexibility index (Phi) is 8.56. The minimum absolute atomic E-state index is 0.00205. The van der Waals surface area contributed by atoms with Gasteiger partial charge < -0.3 is 20.4 Å². The largest absolute Gasteiger partial charge is 0.395 e. The van der Waals surface area contributed by atoms with Gasteiger partial charge >= 0.3 is 5.69 Å². The number of nitrogens with one attached hydrogen (secondary N) is 1. The van der Waals surface area contributed by atoms with Gasteiger partial charge in [-0.25, -0.2) is 5.21 Å². The number of carbonyl (C=O) groups is 1. The Morgan fingerprint density at radius 3 is 2.45 bits per heavy atom. The fraction of sp³-hybridized carbons (Fsp3) is 0.263. The number of nitrogens with zero attached hydrogens (tertiary/aromatic N) is 5. The number of halogens is 1. The van der Waals surface area contributed by atoms with E-state index < -0.39 is 0 Å². The second-order valence-corrected chi connectivity index (χ2v) is 7.08. The molecule has 0 aliphatic carbocycles. The van der Waals surface area contributed by atoms with Crippen molar-refractivity contribution in [2.45, 2.75) is 6.92 Å². The average Bonchev–Trinajstić information content (AvgIpc) is 2.72. The molecule has 0 heterocycles. The fourth-order valence-corrected chi connectivity index (χ4v) is 3.22. The fourth-order valence-electron chi connectivity index (χ4n) is 2.70. The van der Waals surface area contributed by atoms with Crippen LogP contribution in [0.15, 0.2) is 45.0 Å². The molecule has 0 saturated heterocycles. The topological polar surface area (TPSA) is 162 Å². The number of carbonyl (C=O) groups excluding carboxylic acids is 1. The summed E-state index contributed by atoms with van der Waals surface area (Å²) in [4.78, 5) is 24.1. The van der Waals surface area contributed by atoms with Gasteiger partial charge in [-0.05, 0) is 34.1 Å². The number of azo groups is 1. The molecule has 11 nitrogen and oxygen atoms in total. The Morgan fingerprint density at radius 2 is 1.90 bits per heavy atom. The Morgan fingerprint density at radius 1 is 1.23 bits per heavy atom. The zero-order chi connectivity index (χ0) is 23.0. The van der Waals surface area contributed by atoms with Crippen LogP contribution in [0, 0.1) is 16.2 Å². The number of hydrogen-bond acceptors (Lipinski definition) is 8. The number of hydrogen-bond donors (Lipinski definition) is 4. The number of aliphatic hydroxyl groups is 2. The number of anilines is 2. The van der Waals surface area contributed by atoms with Gasteiger partial charge in [-0.15, -0.1) is 10.2 Å². The Labute approximate surface area is 185 Å². The maximum Gasteiger partial charge on any atom is 0.319 e. The molecule has 0 spiro atoms. The van der Waals surface area contributed by atoms with Gasteiger partial charge in [0.25, 0.3) is 4.92 Å². The molecule has 0 unspecified atom stereocenters. The third-order valence-electron chi connectivity index (χ3n) is 4.04. The number of nitriles is 1. The smallest absolute Gasteiger partial charge is 0.319 e. The standard InChI is InChI=1S/C19H19BrN6O5/c1-12(29)22-18-10-14(25(4-6-27)5-7-28)2-3-17(18)23-24-19-13(11-21)8-15(26(30)31)9-16(19)20/h2-3,8-10,27-28H,4-7H2,1H3,(H-,22,24,29,30,31)/p+1. The Balaban J connectivity index is 2.49. The lowest BCUT2D eigenvalue weighted by molar-refractivity contribution is -0.729. The first-order chi connectivity index (χ1) is 14.8. The van der Waals surface area contributed by atoms with Gasteiger partial charge in [0.1, 0.15) is 17.4 Å². The third kappa shape index (κ3) is 6.29. The van der Waals surface area contributed by atoms with Gasteiger partial charge in [-0.2, -0.15) is 5.26 Å². The maximum absolute atomic E-state index is 11.6. The summed E-state index contributed by atoms with van der Waals surface area (Å²) in [5, 5.41) is 47.7. The summed E-state index contributed by atoms with van der Waals surface area (Å²) in [6, 6.07) is 9.23. The zero-order valence-corrected chi connectivity index (χ0v) is 18.1. The number of amides is 1. The average molecular weight is 492 g/mol. The summed E-state index contributed by atoms with van der Waals surface area (Å²) >= 11 is 3.20. The van der Waals surface area contributed by atoms with Crippen molar-refractivity contribution in [3.05, 3.63) is 45.3 Å². The van der Waals surface area contributed by atoms with E-state index in [-0.39, 0.29) is 58.5 Å². The summed E-state index contributed by atoms with van der Waals surface area (Å²) in [6.07, 6.45) is 0. The van der Waals surface area contributed by atoms with Crippen LogP contribution in [-0.2, 0) is 4.79 Å². The van der Waals surface area contributed by atoms with E-state index in [4.69, 9.17) is 5.21 Å². The second-order valence-electron chi connectivity index (χ2n) is 6.23. The highest BCUT2D eigenvalue weighted by molar-refractivity contribution is 9.10. The van der Waals surface area contributed by atoms with Crippen molar-refractivity contribution in [2.24, 2.45) is 10.2 Å². The molecule has 0 radical (unpaired) electrons. The van der Waals surface area contributed by atoms with Gasteiger partial charge in [-0.3, -0.25) is 4.79 Å². The lowest BCUT2D eigenvalue weighted by Gasteiger charge is -2.23. The molecule has 0 saturated carbocycles. The Hall–Kier alpha value is -3.40. The quantitative estimate of drug-likeness (QED) is 0.308. The molecule has 0 atom stereocenters. The molecule has 0 bridgehead atoms. The summed E-state index contributed by atoms with van der Waals surface area (Å²) in [6.45, 7) is 1.67. The maximum atomic E-state index is 11.6. The summed E-state index contributed by atoms with van der Waals surface area (Å²) in [5.41, 5.74) is 1.25. The molecule has 2 aromatic rings. The van der Waals surface area contributed by atoms with Crippen molar-refractivity contribution in [1.82, 2.24) is 0 Å². The van der Waals surface area contributed by atoms with E-state index in [9.17, 15) is 25.2 Å². The predicted octanol–water partition coefficient (Wildman–Crippen LogP) is 3.29. The highest BCUT2D eigenvalue weighted by atomic mass is 79.9. The molecule has 2 rings (SSSR count). The lowest BCUT2D eigenvalue weighted by Crippen LogP contribution is -2.29. The first-order valence-corrected chi connectivity index (χ1v) is 9.79. The summed E-state index contributed by atoms with van der Waals surface area (Å²) < 4.78 is 0.259. The van der Waals surface area contributed by atoms with Crippen molar-refractivity contribution in [3.63, 3.8) is 0 Å². The SMILES string of the molecule is CC(=O)Nc1cc(N(CCO)CCO)ccc1/N=N/c1c(Br)cc([N+](=O)O)cc1C#N. The first kappa shape index (κ1) is 23.9. The highest BCUT2D eigenvalue weighted by Gasteiger charge is 2.19. The normalized spacial score (nSPS) is 10.7. The molecule has 1 amide bonds. The van der Waals surface area contributed by atoms with Gasteiger partial charge in [0.15, 0.2) is 0 Å². The van der Waals surface area contributed by atoms with E-state index >= 15 is 0 Å². The molecule has 0 aliphatic heterocycles. The van der Waals surface area contributed by atoms with Gasteiger partial charge in [-0.1, -0.05) is 0 Å².